The van der Waals surface area contributed by atoms with Crippen molar-refractivity contribution in [3.05, 3.63) is 70.5 Å². The molecule has 4 heteroatoms. The molecule has 0 bridgehead atoms. The second-order valence-corrected chi connectivity index (χ2v) is 6.09. The molecule has 1 aliphatic heterocycles. The quantitative estimate of drug-likeness (QED) is 0.924. The van der Waals surface area contributed by atoms with Gasteiger partial charge in [0.1, 0.15) is 5.82 Å². The fourth-order valence-corrected chi connectivity index (χ4v) is 3.26. The zero-order valence-electron chi connectivity index (χ0n) is 12.4. The van der Waals surface area contributed by atoms with Crippen molar-refractivity contribution in [3.63, 3.8) is 0 Å². The third-order valence-electron chi connectivity index (χ3n) is 4.09. The van der Waals surface area contributed by atoms with Gasteiger partial charge in [-0.3, -0.25) is 4.90 Å². The normalized spacial score (nSPS) is 17.9. The maximum atomic E-state index is 13.3. The minimum absolute atomic E-state index is 0.110. The van der Waals surface area contributed by atoms with E-state index in [4.69, 9.17) is 11.6 Å². The summed E-state index contributed by atoms with van der Waals surface area (Å²) in [4.78, 5) is 2.44. The van der Waals surface area contributed by atoms with Crippen LogP contribution in [0.2, 0.25) is 5.02 Å². The smallest absolute Gasteiger partial charge is 0.123 e. The van der Waals surface area contributed by atoms with E-state index in [1.54, 1.807) is 0 Å². The van der Waals surface area contributed by atoms with Crippen molar-refractivity contribution in [3.8, 4) is 0 Å². The zero-order valence-corrected chi connectivity index (χ0v) is 13.2. The second-order valence-electron chi connectivity index (χ2n) is 5.65. The molecule has 0 radical (unpaired) electrons. The van der Waals surface area contributed by atoms with E-state index in [0.717, 1.165) is 48.7 Å². The fraction of sp³-hybridized carbons (Fsp3) is 0.333. The number of nitrogens with one attached hydrogen (secondary N) is 1. The Morgan fingerprint density at radius 2 is 1.82 bits per heavy atom. The number of nitrogens with zero attached hydrogens (tertiary/aromatic N) is 1. The Kier molecular flexibility index (Phi) is 5.08. The highest BCUT2D eigenvalue weighted by Crippen LogP contribution is 2.30. The first-order chi connectivity index (χ1) is 10.7. The van der Waals surface area contributed by atoms with Crippen LogP contribution in [0.15, 0.2) is 48.5 Å². The molecule has 2 nitrogen and oxygen atoms in total. The van der Waals surface area contributed by atoms with Crippen LogP contribution in [0, 0.1) is 5.82 Å². The van der Waals surface area contributed by atoms with Crippen molar-refractivity contribution in [2.45, 2.75) is 12.5 Å². The van der Waals surface area contributed by atoms with Crippen LogP contribution >= 0.6 is 11.6 Å². The Balaban J connectivity index is 1.99. The van der Waals surface area contributed by atoms with E-state index in [0.29, 0.717) is 0 Å². The number of hydrogen-bond acceptors (Lipinski definition) is 2. The molecule has 116 valence electrons. The lowest BCUT2D eigenvalue weighted by Crippen LogP contribution is -2.33. The van der Waals surface area contributed by atoms with Gasteiger partial charge in [0, 0.05) is 24.7 Å². The average molecular weight is 319 g/mol. The Morgan fingerprint density at radius 1 is 1.00 bits per heavy atom. The highest BCUT2D eigenvalue weighted by Gasteiger charge is 2.23. The van der Waals surface area contributed by atoms with Gasteiger partial charge < -0.3 is 5.32 Å². The van der Waals surface area contributed by atoms with Gasteiger partial charge in [-0.2, -0.15) is 0 Å². The van der Waals surface area contributed by atoms with E-state index in [-0.39, 0.29) is 11.9 Å². The highest BCUT2D eigenvalue weighted by atomic mass is 35.5. The summed E-state index contributed by atoms with van der Waals surface area (Å²) in [5.74, 6) is -0.203. The number of hydrogen-bond donors (Lipinski definition) is 1. The molecule has 2 aromatic rings. The summed E-state index contributed by atoms with van der Waals surface area (Å²) in [6.07, 6.45) is 1.11. The van der Waals surface area contributed by atoms with Gasteiger partial charge in [-0.05, 0) is 48.4 Å². The third-order valence-corrected chi connectivity index (χ3v) is 4.33. The molecule has 0 aliphatic carbocycles. The molecule has 1 atom stereocenters. The summed E-state index contributed by atoms with van der Waals surface area (Å²) in [6.45, 7) is 4.00. The van der Waals surface area contributed by atoms with Crippen molar-refractivity contribution in [1.82, 2.24) is 10.2 Å². The first-order valence-corrected chi connectivity index (χ1v) is 8.07. The molecule has 1 fully saturated rings. The first-order valence-electron chi connectivity index (χ1n) is 7.70. The van der Waals surface area contributed by atoms with E-state index in [1.807, 2.05) is 30.3 Å². The Bertz CT molecular complexity index is 607. The molecule has 1 N–H and O–H groups in total. The Hall–Kier alpha value is -1.42. The van der Waals surface area contributed by atoms with E-state index >= 15 is 0 Å². The van der Waals surface area contributed by atoms with Crippen molar-refractivity contribution in [1.29, 1.82) is 0 Å². The largest absolute Gasteiger partial charge is 0.315 e. The molecule has 3 rings (SSSR count). The van der Waals surface area contributed by atoms with Gasteiger partial charge in [0.15, 0.2) is 0 Å². The van der Waals surface area contributed by atoms with Gasteiger partial charge >= 0.3 is 0 Å². The highest BCUT2D eigenvalue weighted by molar-refractivity contribution is 6.30. The lowest BCUT2D eigenvalue weighted by atomic mass is 9.96. The molecule has 1 saturated heterocycles. The van der Waals surface area contributed by atoms with E-state index in [2.05, 4.69) is 16.3 Å². The summed E-state index contributed by atoms with van der Waals surface area (Å²) in [7, 11) is 0. The average Bonchev–Trinajstić information content (AvgIpc) is 2.79. The molecule has 1 unspecified atom stereocenters. The van der Waals surface area contributed by atoms with Gasteiger partial charge in [0.2, 0.25) is 0 Å². The minimum atomic E-state index is -0.203. The van der Waals surface area contributed by atoms with Crippen LogP contribution in [-0.2, 0) is 0 Å². The molecule has 1 heterocycles. The lowest BCUT2D eigenvalue weighted by Gasteiger charge is -2.31. The van der Waals surface area contributed by atoms with E-state index in [1.165, 1.54) is 12.1 Å². The molecular formula is C18H20ClFN2. The van der Waals surface area contributed by atoms with Gasteiger partial charge in [0.05, 0.1) is 6.04 Å². The number of halogens is 2. The molecular weight excluding hydrogens is 299 g/mol. The van der Waals surface area contributed by atoms with Crippen LogP contribution in [0.4, 0.5) is 4.39 Å². The Labute approximate surface area is 135 Å². The SMILES string of the molecule is Fc1ccc(C(c2cccc(Cl)c2)N2CCCNCC2)cc1. The van der Waals surface area contributed by atoms with Crippen LogP contribution in [0.3, 0.4) is 0 Å². The topological polar surface area (TPSA) is 15.3 Å². The molecule has 1 aliphatic rings. The lowest BCUT2D eigenvalue weighted by molar-refractivity contribution is 0.241. The van der Waals surface area contributed by atoms with Gasteiger partial charge in [-0.15, -0.1) is 0 Å². The molecule has 0 amide bonds. The monoisotopic (exact) mass is 318 g/mol. The van der Waals surface area contributed by atoms with Crippen molar-refractivity contribution < 1.29 is 4.39 Å². The van der Waals surface area contributed by atoms with Gasteiger partial charge in [-0.1, -0.05) is 35.9 Å². The van der Waals surface area contributed by atoms with Crippen LogP contribution in [0.25, 0.3) is 0 Å². The Morgan fingerprint density at radius 3 is 2.59 bits per heavy atom. The summed E-state index contributed by atoms with van der Waals surface area (Å²) in [6, 6.07) is 14.9. The van der Waals surface area contributed by atoms with Crippen molar-refractivity contribution in [2.24, 2.45) is 0 Å². The molecule has 22 heavy (non-hydrogen) atoms. The van der Waals surface area contributed by atoms with E-state index < -0.39 is 0 Å². The predicted molar refractivity (Wildman–Crippen MR) is 88.8 cm³/mol. The van der Waals surface area contributed by atoms with Crippen LogP contribution in [-0.4, -0.2) is 31.1 Å². The zero-order chi connectivity index (χ0) is 15.4. The van der Waals surface area contributed by atoms with Crippen LogP contribution < -0.4 is 5.32 Å². The van der Waals surface area contributed by atoms with Crippen molar-refractivity contribution >= 4 is 11.6 Å². The van der Waals surface area contributed by atoms with Crippen LogP contribution in [0.1, 0.15) is 23.6 Å². The van der Waals surface area contributed by atoms with E-state index in [9.17, 15) is 4.39 Å². The maximum Gasteiger partial charge on any atom is 0.123 e. The van der Waals surface area contributed by atoms with Gasteiger partial charge in [0.25, 0.3) is 0 Å². The summed E-state index contributed by atoms with van der Waals surface area (Å²) >= 11 is 6.18. The number of benzene rings is 2. The fourth-order valence-electron chi connectivity index (χ4n) is 3.06. The standard InChI is InChI=1S/C18H20ClFN2/c19-16-4-1-3-15(13-16)18(14-5-7-17(20)8-6-14)22-11-2-9-21-10-12-22/h1,3-8,13,18,21H,2,9-12H2. The number of rotatable bonds is 3. The predicted octanol–water partition coefficient (Wildman–Crippen LogP) is 3.86. The summed E-state index contributed by atoms with van der Waals surface area (Å²) in [5.41, 5.74) is 2.26. The molecule has 0 spiro atoms. The first kappa shape index (κ1) is 15.5. The van der Waals surface area contributed by atoms with Crippen LogP contribution in [0.5, 0.6) is 0 Å². The third kappa shape index (κ3) is 3.67. The summed E-state index contributed by atoms with van der Waals surface area (Å²) in [5, 5.41) is 4.16. The van der Waals surface area contributed by atoms with Gasteiger partial charge in [-0.25, -0.2) is 4.39 Å². The molecule has 0 aromatic heterocycles. The molecule has 2 aromatic carbocycles. The van der Waals surface area contributed by atoms with Crippen molar-refractivity contribution in [2.75, 3.05) is 26.2 Å². The minimum Gasteiger partial charge on any atom is -0.315 e. The molecule has 0 saturated carbocycles. The summed E-state index contributed by atoms with van der Waals surface area (Å²) < 4.78 is 13.3. The maximum absolute atomic E-state index is 13.3. The second kappa shape index (κ2) is 7.23.